The number of hydrogen-bond acceptors (Lipinski definition) is 3. The zero-order valence-electron chi connectivity index (χ0n) is 14.0. The van der Waals surface area contributed by atoms with Gasteiger partial charge in [0.05, 0.1) is 0 Å². The van der Waals surface area contributed by atoms with Crippen LogP contribution >= 0.6 is 12.2 Å². The van der Waals surface area contributed by atoms with Gasteiger partial charge in [0.1, 0.15) is 12.4 Å². The third-order valence-electron chi connectivity index (χ3n) is 4.16. The van der Waals surface area contributed by atoms with Crippen LogP contribution in [0, 0.1) is 0 Å². The van der Waals surface area contributed by atoms with Crippen molar-refractivity contribution < 1.29 is 4.74 Å². The Kier molecular flexibility index (Phi) is 4.71. The first-order valence-corrected chi connectivity index (χ1v) is 8.78. The third kappa shape index (κ3) is 3.48. The maximum Gasteiger partial charge on any atom is 0.222 e. The van der Waals surface area contributed by atoms with Crippen molar-refractivity contribution in [3.05, 3.63) is 96.1 Å². The summed E-state index contributed by atoms with van der Waals surface area (Å²) in [4.78, 5) is 1.95. The first-order chi connectivity index (χ1) is 12.8. The van der Waals surface area contributed by atoms with Gasteiger partial charge in [-0.2, -0.15) is 5.11 Å². The lowest BCUT2D eigenvalue weighted by Gasteiger charge is -2.23. The summed E-state index contributed by atoms with van der Waals surface area (Å²) < 4.78 is 5.85. The minimum Gasteiger partial charge on any atom is -0.489 e. The number of rotatable bonds is 5. The Hall–Kier alpha value is -3.05. The van der Waals surface area contributed by atoms with E-state index in [-0.39, 0.29) is 6.17 Å². The molecule has 1 unspecified atom stereocenters. The lowest BCUT2D eigenvalue weighted by atomic mass is 10.1. The summed E-state index contributed by atoms with van der Waals surface area (Å²) in [6, 6.07) is 28.0. The first-order valence-electron chi connectivity index (χ1n) is 8.37. The Bertz CT molecular complexity index is 911. The van der Waals surface area contributed by atoms with Crippen molar-refractivity contribution in [2.45, 2.75) is 12.8 Å². The molecule has 0 aromatic heterocycles. The van der Waals surface area contributed by atoms with E-state index < -0.39 is 0 Å². The van der Waals surface area contributed by atoms with Crippen molar-refractivity contribution in [2.24, 2.45) is 10.2 Å². The number of thiocarbonyl (C=S) groups is 1. The van der Waals surface area contributed by atoms with Crippen LogP contribution in [-0.2, 0) is 6.61 Å². The topological polar surface area (TPSA) is 37.2 Å². The molecular formula is C21H17N3OS. The lowest BCUT2D eigenvalue weighted by molar-refractivity contribution is 0.306. The van der Waals surface area contributed by atoms with Crippen LogP contribution in [-0.4, -0.2) is 5.11 Å². The van der Waals surface area contributed by atoms with Gasteiger partial charge in [-0.05, 0) is 47.6 Å². The van der Waals surface area contributed by atoms with Crippen molar-refractivity contribution in [1.82, 2.24) is 0 Å². The quantitative estimate of drug-likeness (QED) is 0.563. The summed E-state index contributed by atoms with van der Waals surface area (Å²) >= 11 is 5.36. The summed E-state index contributed by atoms with van der Waals surface area (Å²) in [7, 11) is 0. The molecule has 5 heteroatoms. The minimum absolute atomic E-state index is 0.243. The van der Waals surface area contributed by atoms with E-state index in [2.05, 4.69) is 10.2 Å². The maximum atomic E-state index is 5.85. The highest BCUT2D eigenvalue weighted by atomic mass is 32.1. The molecule has 3 aromatic rings. The Labute approximate surface area is 157 Å². The minimum atomic E-state index is -0.243. The second kappa shape index (κ2) is 7.45. The van der Waals surface area contributed by atoms with Gasteiger partial charge in [-0.15, -0.1) is 5.11 Å². The fraction of sp³-hybridized carbons (Fsp3) is 0.0952. The summed E-state index contributed by atoms with van der Waals surface area (Å²) in [5.41, 5.74) is 3.14. The Morgan fingerprint density at radius 3 is 2.19 bits per heavy atom. The number of anilines is 1. The highest BCUT2D eigenvalue weighted by molar-refractivity contribution is 7.80. The van der Waals surface area contributed by atoms with Gasteiger partial charge in [-0.3, -0.25) is 4.90 Å². The molecule has 128 valence electrons. The van der Waals surface area contributed by atoms with Crippen LogP contribution in [0.4, 0.5) is 5.69 Å². The molecule has 0 bridgehead atoms. The van der Waals surface area contributed by atoms with Gasteiger partial charge in [-0.25, -0.2) is 0 Å². The normalized spacial score (nSPS) is 16.1. The molecule has 0 amide bonds. The van der Waals surface area contributed by atoms with Gasteiger partial charge in [0.15, 0.2) is 6.17 Å². The highest BCUT2D eigenvalue weighted by Crippen LogP contribution is 2.34. The van der Waals surface area contributed by atoms with Crippen molar-refractivity contribution in [2.75, 3.05) is 4.90 Å². The van der Waals surface area contributed by atoms with E-state index in [1.165, 1.54) is 0 Å². The number of ether oxygens (including phenoxy) is 1. The van der Waals surface area contributed by atoms with E-state index in [1.807, 2.05) is 89.8 Å². The molecule has 0 saturated carbocycles. The molecule has 0 radical (unpaired) electrons. The van der Waals surface area contributed by atoms with Crippen LogP contribution in [0.25, 0.3) is 0 Å². The monoisotopic (exact) mass is 359 g/mol. The number of hydrogen-bond donors (Lipinski definition) is 0. The molecule has 4 rings (SSSR count). The van der Waals surface area contributed by atoms with Crippen LogP contribution in [0.5, 0.6) is 5.75 Å². The molecular weight excluding hydrogens is 342 g/mol. The number of nitrogens with zero attached hydrogens (tertiary/aromatic N) is 3. The van der Waals surface area contributed by atoms with E-state index in [0.29, 0.717) is 11.7 Å². The zero-order chi connectivity index (χ0) is 17.8. The van der Waals surface area contributed by atoms with Gasteiger partial charge in [-0.1, -0.05) is 60.7 Å². The highest BCUT2D eigenvalue weighted by Gasteiger charge is 2.29. The lowest BCUT2D eigenvalue weighted by Crippen LogP contribution is -2.26. The molecule has 4 nitrogen and oxygen atoms in total. The number of azo groups is 1. The Morgan fingerprint density at radius 1 is 0.846 bits per heavy atom. The fourth-order valence-corrected chi connectivity index (χ4v) is 3.09. The predicted octanol–water partition coefficient (Wildman–Crippen LogP) is 5.52. The first kappa shape index (κ1) is 16.4. The van der Waals surface area contributed by atoms with Crippen LogP contribution in [0.3, 0.4) is 0 Å². The largest absolute Gasteiger partial charge is 0.489 e. The molecule has 3 aromatic carbocycles. The molecule has 1 atom stereocenters. The molecule has 1 aliphatic heterocycles. The van der Waals surface area contributed by atoms with E-state index in [0.717, 1.165) is 22.6 Å². The summed E-state index contributed by atoms with van der Waals surface area (Å²) in [6.45, 7) is 0.545. The summed E-state index contributed by atoms with van der Waals surface area (Å²) in [6.07, 6.45) is -0.243. The van der Waals surface area contributed by atoms with E-state index >= 15 is 0 Å². The molecule has 26 heavy (non-hydrogen) atoms. The van der Waals surface area contributed by atoms with Gasteiger partial charge < -0.3 is 4.74 Å². The predicted molar refractivity (Wildman–Crippen MR) is 106 cm³/mol. The third-order valence-corrected chi connectivity index (χ3v) is 4.44. The maximum absolute atomic E-state index is 5.85. The average molecular weight is 359 g/mol. The van der Waals surface area contributed by atoms with Crippen LogP contribution in [0.15, 0.2) is 95.2 Å². The SMILES string of the molecule is S=C1N=NC(c2ccc(OCc3ccccc3)cc2)N1c1ccccc1. The van der Waals surface area contributed by atoms with Crippen molar-refractivity contribution in [3.63, 3.8) is 0 Å². The second-order valence-corrected chi connectivity index (χ2v) is 6.29. The number of benzene rings is 3. The fourth-order valence-electron chi connectivity index (χ4n) is 2.84. The molecule has 1 aliphatic rings. The van der Waals surface area contributed by atoms with Crippen molar-refractivity contribution >= 4 is 23.0 Å². The zero-order valence-corrected chi connectivity index (χ0v) is 14.8. The van der Waals surface area contributed by atoms with Gasteiger partial charge in [0.25, 0.3) is 0 Å². The van der Waals surface area contributed by atoms with Gasteiger partial charge in [0, 0.05) is 5.69 Å². The smallest absolute Gasteiger partial charge is 0.222 e. The van der Waals surface area contributed by atoms with Gasteiger partial charge in [0.2, 0.25) is 5.11 Å². The van der Waals surface area contributed by atoms with Crippen molar-refractivity contribution in [1.29, 1.82) is 0 Å². The van der Waals surface area contributed by atoms with Crippen LogP contribution < -0.4 is 9.64 Å². The molecule has 0 spiro atoms. The molecule has 1 heterocycles. The molecule has 0 N–H and O–H groups in total. The van der Waals surface area contributed by atoms with E-state index in [9.17, 15) is 0 Å². The number of para-hydroxylation sites is 1. The van der Waals surface area contributed by atoms with Crippen molar-refractivity contribution in [3.8, 4) is 5.75 Å². The van der Waals surface area contributed by atoms with Gasteiger partial charge >= 0.3 is 0 Å². The molecule has 0 aliphatic carbocycles. The second-order valence-electron chi connectivity index (χ2n) is 5.92. The standard InChI is InChI=1S/C21H17N3OS/c26-21-23-22-20(24(21)18-9-5-2-6-10-18)17-11-13-19(14-12-17)25-15-16-7-3-1-4-8-16/h1-14,20H,15H2. The Balaban J connectivity index is 1.49. The Morgan fingerprint density at radius 2 is 1.50 bits per heavy atom. The summed E-state index contributed by atoms with van der Waals surface area (Å²) in [5.74, 6) is 0.821. The van der Waals surface area contributed by atoms with E-state index in [1.54, 1.807) is 0 Å². The average Bonchev–Trinajstić information content (AvgIpc) is 3.10. The molecule has 0 saturated heterocycles. The van der Waals surface area contributed by atoms with Crippen LogP contribution in [0.2, 0.25) is 0 Å². The van der Waals surface area contributed by atoms with E-state index in [4.69, 9.17) is 17.0 Å². The summed E-state index contributed by atoms with van der Waals surface area (Å²) in [5, 5.41) is 8.92. The molecule has 0 fully saturated rings. The van der Waals surface area contributed by atoms with Crippen LogP contribution in [0.1, 0.15) is 17.3 Å².